The Morgan fingerprint density at radius 1 is 1.35 bits per heavy atom. The summed E-state index contributed by atoms with van der Waals surface area (Å²) in [6, 6.07) is 10.1. The summed E-state index contributed by atoms with van der Waals surface area (Å²) in [5, 5.41) is 8.19. The van der Waals surface area contributed by atoms with Crippen molar-refractivity contribution in [3.05, 3.63) is 47.2 Å². The lowest BCUT2D eigenvalue weighted by Crippen LogP contribution is -2.15. The molecule has 2 aromatic heterocycles. The highest BCUT2D eigenvalue weighted by Gasteiger charge is 2.18. The van der Waals surface area contributed by atoms with E-state index >= 15 is 0 Å². The van der Waals surface area contributed by atoms with Gasteiger partial charge in [-0.2, -0.15) is 0 Å². The molecule has 0 aliphatic carbocycles. The summed E-state index contributed by atoms with van der Waals surface area (Å²) >= 11 is 1.38. The summed E-state index contributed by atoms with van der Waals surface area (Å²) in [7, 11) is 1.90. The lowest BCUT2D eigenvalue weighted by atomic mass is 10.2. The lowest BCUT2D eigenvalue weighted by Gasteiger charge is -2.09. The van der Waals surface area contributed by atoms with Crippen LogP contribution in [0.3, 0.4) is 0 Å². The Kier molecular flexibility index (Phi) is 2.62. The van der Waals surface area contributed by atoms with Gasteiger partial charge in [0.25, 0.3) is 0 Å². The first kappa shape index (κ1) is 10.4. The highest BCUT2D eigenvalue weighted by molar-refractivity contribution is 7.05. The molecule has 0 bridgehead atoms. The summed E-state index contributed by atoms with van der Waals surface area (Å²) in [6.45, 7) is 0. The maximum absolute atomic E-state index is 5.83. The van der Waals surface area contributed by atoms with E-state index in [0.717, 1.165) is 21.6 Å². The average molecular weight is 245 g/mol. The van der Waals surface area contributed by atoms with Crippen LogP contribution in [0, 0.1) is 0 Å². The van der Waals surface area contributed by atoms with Crippen molar-refractivity contribution in [2.24, 2.45) is 0 Å². The molecule has 4 nitrogen and oxygen atoms in total. The molecule has 0 saturated heterocycles. The molecule has 0 fully saturated rings. The summed E-state index contributed by atoms with van der Waals surface area (Å²) in [5.74, 6) is 0.889. The molecule has 17 heavy (non-hydrogen) atoms. The number of hydrogen-bond acceptors (Lipinski definition) is 5. The zero-order valence-corrected chi connectivity index (χ0v) is 10.1. The van der Waals surface area contributed by atoms with Crippen molar-refractivity contribution in [2.45, 2.75) is 6.04 Å². The largest absolute Gasteiger partial charge is 0.459 e. The Hall–Kier alpha value is -1.72. The normalized spacial score (nSPS) is 13.0. The van der Waals surface area contributed by atoms with Crippen LogP contribution >= 0.6 is 11.5 Å². The van der Waals surface area contributed by atoms with Gasteiger partial charge in [-0.1, -0.05) is 22.7 Å². The molecule has 0 saturated carbocycles. The van der Waals surface area contributed by atoms with Gasteiger partial charge >= 0.3 is 0 Å². The van der Waals surface area contributed by atoms with Gasteiger partial charge in [0.15, 0.2) is 0 Å². The topological polar surface area (TPSA) is 51.0 Å². The molecule has 0 amide bonds. The first-order chi connectivity index (χ1) is 8.38. The zero-order chi connectivity index (χ0) is 11.7. The lowest BCUT2D eigenvalue weighted by molar-refractivity contribution is 0.495. The molecule has 1 atom stereocenters. The molecular weight excluding hydrogens is 234 g/mol. The van der Waals surface area contributed by atoms with Gasteiger partial charge in [-0.3, -0.25) is 0 Å². The zero-order valence-electron chi connectivity index (χ0n) is 9.25. The van der Waals surface area contributed by atoms with Gasteiger partial charge in [0, 0.05) is 5.39 Å². The molecule has 86 valence electrons. The van der Waals surface area contributed by atoms with Crippen molar-refractivity contribution in [3.8, 4) is 0 Å². The van der Waals surface area contributed by atoms with Gasteiger partial charge in [-0.15, -0.1) is 5.10 Å². The number of para-hydroxylation sites is 1. The SMILES string of the molecule is CNC(c1cc2ccccc2o1)c1cnns1. The number of fused-ring (bicyclic) bond motifs is 1. The van der Waals surface area contributed by atoms with Crippen LogP contribution in [-0.4, -0.2) is 16.6 Å². The van der Waals surface area contributed by atoms with Gasteiger partial charge in [0.05, 0.1) is 11.1 Å². The van der Waals surface area contributed by atoms with E-state index in [1.54, 1.807) is 6.20 Å². The molecule has 0 radical (unpaired) electrons. The highest BCUT2D eigenvalue weighted by atomic mass is 32.1. The van der Waals surface area contributed by atoms with E-state index in [0.29, 0.717) is 0 Å². The van der Waals surface area contributed by atoms with Crippen molar-refractivity contribution < 1.29 is 4.42 Å². The fraction of sp³-hybridized carbons (Fsp3) is 0.167. The molecule has 2 heterocycles. The Morgan fingerprint density at radius 3 is 2.94 bits per heavy atom. The summed E-state index contributed by atoms with van der Waals surface area (Å²) < 4.78 is 9.71. The number of hydrogen-bond donors (Lipinski definition) is 1. The number of aromatic nitrogens is 2. The van der Waals surface area contributed by atoms with Crippen LogP contribution in [0.4, 0.5) is 0 Å². The maximum atomic E-state index is 5.83. The Balaban J connectivity index is 2.07. The molecule has 3 rings (SSSR count). The van der Waals surface area contributed by atoms with Crippen molar-refractivity contribution in [1.82, 2.24) is 14.9 Å². The van der Waals surface area contributed by atoms with Crippen molar-refractivity contribution in [2.75, 3.05) is 7.05 Å². The standard InChI is InChI=1S/C12H11N3OS/c1-13-12(11-7-14-15-17-11)10-6-8-4-2-3-5-9(8)16-10/h2-7,12-13H,1H3. The number of rotatable bonds is 3. The summed E-state index contributed by atoms with van der Waals surface area (Å²) in [6.07, 6.45) is 1.76. The molecule has 1 aromatic carbocycles. The first-order valence-electron chi connectivity index (χ1n) is 5.31. The van der Waals surface area contributed by atoms with E-state index in [1.165, 1.54) is 11.5 Å². The fourth-order valence-corrected chi connectivity index (χ4v) is 2.49. The van der Waals surface area contributed by atoms with Crippen LogP contribution in [0.1, 0.15) is 16.7 Å². The predicted molar refractivity (Wildman–Crippen MR) is 67.0 cm³/mol. The van der Waals surface area contributed by atoms with Crippen molar-refractivity contribution in [3.63, 3.8) is 0 Å². The average Bonchev–Trinajstić information content (AvgIpc) is 2.98. The van der Waals surface area contributed by atoms with Crippen LogP contribution < -0.4 is 5.32 Å². The van der Waals surface area contributed by atoms with E-state index in [2.05, 4.69) is 21.0 Å². The fourth-order valence-electron chi connectivity index (χ4n) is 1.87. The van der Waals surface area contributed by atoms with Gasteiger partial charge in [0.2, 0.25) is 0 Å². The predicted octanol–water partition coefficient (Wildman–Crippen LogP) is 2.59. The van der Waals surface area contributed by atoms with Gasteiger partial charge in [0.1, 0.15) is 17.4 Å². The molecule has 0 aliphatic heterocycles. The van der Waals surface area contributed by atoms with E-state index in [4.69, 9.17) is 4.42 Å². The molecule has 5 heteroatoms. The van der Waals surface area contributed by atoms with Crippen LogP contribution in [0.15, 0.2) is 40.9 Å². The summed E-state index contributed by atoms with van der Waals surface area (Å²) in [4.78, 5) is 1.05. The van der Waals surface area contributed by atoms with Crippen LogP contribution in [0.25, 0.3) is 11.0 Å². The first-order valence-corrected chi connectivity index (χ1v) is 6.09. The number of nitrogens with one attached hydrogen (secondary N) is 1. The maximum Gasteiger partial charge on any atom is 0.134 e. The van der Waals surface area contributed by atoms with Crippen molar-refractivity contribution in [1.29, 1.82) is 0 Å². The third-order valence-electron chi connectivity index (χ3n) is 2.68. The third-order valence-corrected chi connectivity index (χ3v) is 3.41. The third kappa shape index (κ3) is 1.83. The van der Waals surface area contributed by atoms with Crippen LogP contribution in [-0.2, 0) is 0 Å². The van der Waals surface area contributed by atoms with Crippen LogP contribution in [0.5, 0.6) is 0 Å². The molecule has 1 N–H and O–H groups in total. The Bertz CT molecular complexity index is 585. The Labute approximate surface area is 102 Å². The monoisotopic (exact) mass is 245 g/mol. The summed E-state index contributed by atoms with van der Waals surface area (Å²) in [5.41, 5.74) is 0.903. The smallest absolute Gasteiger partial charge is 0.134 e. The van der Waals surface area contributed by atoms with Gasteiger partial charge in [-0.25, -0.2) is 0 Å². The quantitative estimate of drug-likeness (QED) is 0.770. The molecule has 0 spiro atoms. The molecule has 1 unspecified atom stereocenters. The highest BCUT2D eigenvalue weighted by Crippen LogP contribution is 2.28. The van der Waals surface area contributed by atoms with E-state index < -0.39 is 0 Å². The van der Waals surface area contributed by atoms with Crippen molar-refractivity contribution >= 4 is 22.5 Å². The van der Waals surface area contributed by atoms with E-state index in [-0.39, 0.29) is 6.04 Å². The number of furan rings is 1. The molecule has 3 aromatic rings. The second kappa shape index (κ2) is 4.27. The van der Waals surface area contributed by atoms with E-state index in [9.17, 15) is 0 Å². The van der Waals surface area contributed by atoms with E-state index in [1.807, 2.05) is 31.3 Å². The minimum Gasteiger partial charge on any atom is -0.459 e. The second-order valence-electron chi connectivity index (χ2n) is 3.73. The molecule has 0 aliphatic rings. The minimum atomic E-state index is 0.0161. The minimum absolute atomic E-state index is 0.0161. The number of nitrogens with zero attached hydrogens (tertiary/aromatic N) is 2. The molecular formula is C12H11N3OS. The van der Waals surface area contributed by atoms with Crippen LogP contribution in [0.2, 0.25) is 0 Å². The van der Waals surface area contributed by atoms with Gasteiger partial charge in [-0.05, 0) is 30.7 Å². The van der Waals surface area contributed by atoms with Gasteiger partial charge < -0.3 is 9.73 Å². The number of benzene rings is 1. The second-order valence-corrected chi connectivity index (χ2v) is 4.55. The Morgan fingerprint density at radius 2 is 2.24 bits per heavy atom.